The van der Waals surface area contributed by atoms with Crippen LogP contribution in [0, 0.1) is 6.92 Å². The third-order valence-electron chi connectivity index (χ3n) is 2.81. The van der Waals surface area contributed by atoms with Crippen LogP contribution in [0.2, 0.25) is 0 Å². The van der Waals surface area contributed by atoms with E-state index in [-0.39, 0.29) is 0 Å². The van der Waals surface area contributed by atoms with Crippen molar-refractivity contribution in [1.29, 1.82) is 0 Å². The van der Waals surface area contributed by atoms with Crippen molar-refractivity contribution in [2.45, 2.75) is 44.9 Å². The minimum Gasteiger partial charge on any atom is -0.238 e. The van der Waals surface area contributed by atoms with E-state index in [1.54, 1.807) is 0 Å². The van der Waals surface area contributed by atoms with E-state index in [1.807, 2.05) is 13.0 Å². The van der Waals surface area contributed by atoms with Gasteiger partial charge in [0.05, 0.1) is 0 Å². The van der Waals surface area contributed by atoms with E-state index < -0.39 is 0 Å². The van der Waals surface area contributed by atoms with Gasteiger partial charge < -0.3 is 0 Å². The quantitative estimate of drug-likeness (QED) is 0.716. The SMILES string of the molecule is Cc1cc(Br)nc(C2CCCCC2)n1. The number of aryl methyl sites for hydroxylation is 1. The molecule has 0 amide bonds. The lowest BCUT2D eigenvalue weighted by molar-refractivity contribution is 0.427. The average Bonchev–Trinajstić information content (AvgIpc) is 2.18. The number of rotatable bonds is 1. The lowest BCUT2D eigenvalue weighted by Gasteiger charge is -2.20. The zero-order valence-electron chi connectivity index (χ0n) is 8.46. The van der Waals surface area contributed by atoms with Crippen molar-refractivity contribution in [3.8, 4) is 0 Å². The Bertz CT molecular complexity index is 299. The molecular weight excluding hydrogens is 240 g/mol. The largest absolute Gasteiger partial charge is 0.238 e. The highest BCUT2D eigenvalue weighted by molar-refractivity contribution is 9.10. The van der Waals surface area contributed by atoms with Crippen molar-refractivity contribution >= 4 is 15.9 Å². The van der Waals surface area contributed by atoms with E-state index in [4.69, 9.17) is 0 Å². The molecule has 76 valence electrons. The van der Waals surface area contributed by atoms with E-state index in [0.717, 1.165) is 16.1 Å². The Kier molecular flexibility index (Phi) is 3.16. The average molecular weight is 255 g/mol. The number of halogens is 1. The van der Waals surface area contributed by atoms with Crippen LogP contribution in [-0.4, -0.2) is 9.97 Å². The Balaban J connectivity index is 2.21. The van der Waals surface area contributed by atoms with Crippen LogP contribution in [0.15, 0.2) is 10.7 Å². The molecule has 0 atom stereocenters. The maximum Gasteiger partial charge on any atom is 0.132 e. The summed E-state index contributed by atoms with van der Waals surface area (Å²) in [5, 5.41) is 0. The standard InChI is InChI=1S/C11H15BrN2/c1-8-7-10(12)14-11(13-8)9-5-3-2-4-6-9/h7,9H,2-6H2,1H3. The predicted molar refractivity (Wildman–Crippen MR) is 60.3 cm³/mol. The van der Waals surface area contributed by atoms with E-state index in [1.165, 1.54) is 32.1 Å². The molecule has 0 unspecified atom stereocenters. The number of nitrogens with zero attached hydrogens (tertiary/aromatic N) is 2. The molecule has 0 spiro atoms. The lowest BCUT2D eigenvalue weighted by Crippen LogP contribution is -2.09. The number of aromatic nitrogens is 2. The third kappa shape index (κ3) is 2.32. The fraction of sp³-hybridized carbons (Fsp3) is 0.636. The Hall–Kier alpha value is -0.440. The molecule has 1 saturated carbocycles. The molecule has 0 aromatic carbocycles. The second kappa shape index (κ2) is 4.39. The minimum absolute atomic E-state index is 0.597. The highest BCUT2D eigenvalue weighted by Crippen LogP contribution is 2.31. The van der Waals surface area contributed by atoms with Crippen molar-refractivity contribution in [2.24, 2.45) is 0 Å². The Morgan fingerprint density at radius 3 is 2.57 bits per heavy atom. The molecule has 0 aliphatic heterocycles. The summed E-state index contributed by atoms with van der Waals surface area (Å²) in [6.07, 6.45) is 6.56. The van der Waals surface area contributed by atoms with Gasteiger partial charge >= 0.3 is 0 Å². The van der Waals surface area contributed by atoms with Gasteiger partial charge in [0.2, 0.25) is 0 Å². The summed E-state index contributed by atoms with van der Waals surface area (Å²) in [5.41, 5.74) is 1.06. The van der Waals surface area contributed by atoms with Crippen LogP contribution in [0.5, 0.6) is 0 Å². The molecule has 0 radical (unpaired) electrons. The van der Waals surface area contributed by atoms with Crippen LogP contribution < -0.4 is 0 Å². The summed E-state index contributed by atoms with van der Waals surface area (Å²) in [7, 11) is 0. The monoisotopic (exact) mass is 254 g/mol. The second-order valence-electron chi connectivity index (χ2n) is 4.03. The molecule has 2 rings (SSSR count). The van der Waals surface area contributed by atoms with Crippen molar-refractivity contribution in [1.82, 2.24) is 9.97 Å². The maximum atomic E-state index is 4.52. The first-order valence-corrected chi connectivity index (χ1v) is 6.06. The summed E-state index contributed by atoms with van der Waals surface area (Å²) in [6, 6.07) is 1.96. The van der Waals surface area contributed by atoms with Gasteiger partial charge in [0.15, 0.2) is 0 Å². The van der Waals surface area contributed by atoms with E-state index in [9.17, 15) is 0 Å². The summed E-state index contributed by atoms with van der Waals surface area (Å²) < 4.78 is 0.922. The Morgan fingerprint density at radius 2 is 1.93 bits per heavy atom. The van der Waals surface area contributed by atoms with Crippen LogP contribution in [0.3, 0.4) is 0 Å². The van der Waals surface area contributed by atoms with Crippen LogP contribution in [0.4, 0.5) is 0 Å². The highest BCUT2D eigenvalue weighted by atomic mass is 79.9. The third-order valence-corrected chi connectivity index (χ3v) is 3.22. The first-order chi connectivity index (χ1) is 6.75. The van der Waals surface area contributed by atoms with E-state index >= 15 is 0 Å². The molecule has 2 nitrogen and oxygen atoms in total. The van der Waals surface area contributed by atoms with Crippen molar-refractivity contribution < 1.29 is 0 Å². The second-order valence-corrected chi connectivity index (χ2v) is 4.84. The molecule has 1 aliphatic rings. The molecule has 1 aromatic heterocycles. The number of hydrogen-bond acceptors (Lipinski definition) is 2. The Morgan fingerprint density at radius 1 is 1.21 bits per heavy atom. The van der Waals surface area contributed by atoms with Gasteiger partial charge in [-0.05, 0) is 41.8 Å². The number of hydrogen-bond donors (Lipinski definition) is 0. The van der Waals surface area contributed by atoms with Crippen molar-refractivity contribution in [3.63, 3.8) is 0 Å². The van der Waals surface area contributed by atoms with Crippen molar-refractivity contribution in [2.75, 3.05) is 0 Å². The fourth-order valence-corrected chi connectivity index (χ4v) is 2.61. The first kappa shape index (κ1) is 10.1. The zero-order valence-corrected chi connectivity index (χ0v) is 10.0. The summed E-state index contributed by atoms with van der Waals surface area (Å²) in [6.45, 7) is 2.03. The van der Waals surface area contributed by atoms with Crippen LogP contribution in [0.25, 0.3) is 0 Å². The maximum absolute atomic E-state index is 4.52. The van der Waals surface area contributed by atoms with Crippen LogP contribution in [0.1, 0.15) is 49.5 Å². The van der Waals surface area contributed by atoms with E-state index in [2.05, 4.69) is 25.9 Å². The topological polar surface area (TPSA) is 25.8 Å². The van der Waals surface area contributed by atoms with Gasteiger partial charge in [0.1, 0.15) is 10.4 Å². The minimum atomic E-state index is 0.597. The molecule has 1 aliphatic carbocycles. The molecule has 0 N–H and O–H groups in total. The molecule has 1 fully saturated rings. The molecular formula is C11H15BrN2. The highest BCUT2D eigenvalue weighted by Gasteiger charge is 2.18. The molecule has 0 saturated heterocycles. The lowest BCUT2D eigenvalue weighted by atomic mass is 9.89. The fourth-order valence-electron chi connectivity index (χ4n) is 2.10. The predicted octanol–water partition coefficient (Wildman–Crippen LogP) is 3.60. The molecule has 0 bridgehead atoms. The van der Waals surface area contributed by atoms with Gasteiger partial charge in [0.25, 0.3) is 0 Å². The molecule has 14 heavy (non-hydrogen) atoms. The molecule has 3 heteroatoms. The van der Waals surface area contributed by atoms with Gasteiger partial charge in [-0.3, -0.25) is 0 Å². The van der Waals surface area contributed by atoms with Crippen LogP contribution in [-0.2, 0) is 0 Å². The van der Waals surface area contributed by atoms with Gasteiger partial charge in [-0.2, -0.15) is 0 Å². The van der Waals surface area contributed by atoms with E-state index in [0.29, 0.717) is 5.92 Å². The van der Waals surface area contributed by atoms with Gasteiger partial charge in [0, 0.05) is 11.6 Å². The van der Waals surface area contributed by atoms with Gasteiger partial charge in [-0.15, -0.1) is 0 Å². The Labute approximate surface area is 93.3 Å². The smallest absolute Gasteiger partial charge is 0.132 e. The summed E-state index contributed by atoms with van der Waals surface area (Å²) in [5.74, 6) is 1.64. The normalized spacial score (nSPS) is 18.4. The first-order valence-electron chi connectivity index (χ1n) is 5.27. The molecule has 1 heterocycles. The van der Waals surface area contributed by atoms with Crippen LogP contribution >= 0.6 is 15.9 Å². The van der Waals surface area contributed by atoms with Crippen molar-refractivity contribution in [3.05, 3.63) is 22.2 Å². The summed E-state index contributed by atoms with van der Waals surface area (Å²) >= 11 is 3.43. The summed E-state index contributed by atoms with van der Waals surface area (Å²) in [4.78, 5) is 8.98. The zero-order chi connectivity index (χ0) is 9.97. The van der Waals surface area contributed by atoms with Gasteiger partial charge in [-0.25, -0.2) is 9.97 Å². The molecule has 1 aromatic rings. The van der Waals surface area contributed by atoms with Gasteiger partial charge in [-0.1, -0.05) is 19.3 Å².